The third-order valence-electron chi connectivity index (χ3n) is 3.98. The summed E-state index contributed by atoms with van der Waals surface area (Å²) in [6, 6.07) is 18.7. The molecule has 122 valence electrons. The zero-order valence-corrected chi connectivity index (χ0v) is 14.3. The smallest absolute Gasteiger partial charge is 0.196 e. The van der Waals surface area contributed by atoms with Gasteiger partial charge in [0.1, 0.15) is 11.5 Å². The second kappa shape index (κ2) is 7.50. The molecule has 2 aromatic carbocycles. The molecule has 24 heavy (non-hydrogen) atoms. The molecule has 1 aromatic heterocycles. The van der Waals surface area contributed by atoms with E-state index in [1.807, 2.05) is 36.4 Å². The van der Waals surface area contributed by atoms with Crippen molar-refractivity contribution in [1.29, 1.82) is 0 Å². The number of unbranched alkanes of at least 4 members (excludes halogenated alkanes) is 1. The third kappa shape index (κ3) is 3.60. The first kappa shape index (κ1) is 16.5. The number of rotatable bonds is 6. The van der Waals surface area contributed by atoms with E-state index in [9.17, 15) is 4.79 Å². The number of hydrogen-bond donors (Lipinski definition) is 0. The molecule has 0 aliphatic carbocycles. The molecule has 0 unspecified atom stereocenters. The largest absolute Gasteiger partial charge is 0.460 e. The summed E-state index contributed by atoms with van der Waals surface area (Å²) in [5.74, 6) is 1.47. The molecule has 1 heterocycles. The van der Waals surface area contributed by atoms with Gasteiger partial charge < -0.3 is 4.42 Å². The zero-order chi connectivity index (χ0) is 16.9. The van der Waals surface area contributed by atoms with Gasteiger partial charge in [0, 0.05) is 22.6 Å². The molecule has 0 bridgehead atoms. The van der Waals surface area contributed by atoms with Crippen molar-refractivity contribution in [2.75, 3.05) is 0 Å². The number of carbonyl (C=O) groups is 1. The van der Waals surface area contributed by atoms with Crippen LogP contribution in [0.5, 0.6) is 0 Å². The van der Waals surface area contributed by atoms with Gasteiger partial charge in [-0.2, -0.15) is 0 Å². The van der Waals surface area contributed by atoms with Gasteiger partial charge >= 0.3 is 0 Å². The van der Waals surface area contributed by atoms with E-state index in [1.165, 1.54) is 0 Å². The van der Waals surface area contributed by atoms with Crippen LogP contribution in [-0.2, 0) is 6.42 Å². The maximum absolute atomic E-state index is 12.9. The van der Waals surface area contributed by atoms with Crippen molar-refractivity contribution in [1.82, 2.24) is 0 Å². The number of benzene rings is 2. The van der Waals surface area contributed by atoms with Gasteiger partial charge in [-0.25, -0.2) is 0 Å². The van der Waals surface area contributed by atoms with Crippen LogP contribution in [0.1, 0.15) is 41.4 Å². The van der Waals surface area contributed by atoms with Crippen LogP contribution in [0.15, 0.2) is 65.1 Å². The fraction of sp³-hybridized carbons (Fsp3) is 0.190. The fourth-order valence-corrected chi connectivity index (χ4v) is 2.77. The number of aryl methyl sites for hydroxylation is 1. The lowest BCUT2D eigenvalue weighted by molar-refractivity contribution is 0.103. The van der Waals surface area contributed by atoms with E-state index >= 15 is 0 Å². The Bertz CT molecular complexity index is 817. The van der Waals surface area contributed by atoms with E-state index in [-0.39, 0.29) is 5.78 Å². The Kier molecular flexibility index (Phi) is 5.17. The maximum atomic E-state index is 12.9. The molecule has 0 saturated heterocycles. The summed E-state index contributed by atoms with van der Waals surface area (Å²) in [5.41, 5.74) is 2.24. The van der Waals surface area contributed by atoms with Crippen LogP contribution in [0.2, 0.25) is 5.02 Å². The highest BCUT2D eigenvalue weighted by molar-refractivity contribution is 6.30. The lowest BCUT2D eigenvalue weighted by atomic mass is 10.0. The minimum absolute atomic E-state index is 0.0244. The molecule has 0 amide bonds. The molecule has 0 atom stereocenters. The molecule has 0 saturated carbocycles. The van der Waals surface area contributed by atoms with Gasteiger partial charge in [-0.15, -0.1) is 0 Å². The molecule has 0 N–H and O–H groups in total. The number of hydrogen-bond acceptors (Lipinski definition) is 2. The first-order valence-corrected chi connectivity index (χ1v) is 8.55. The molecule has 0 spiro atoms. The van der Waals surface area contributed by atoms with Crippen molar-refractivity contribution in [3.8, 4) is 11.3 Å². The highest BCUT2D eigenvalue weighted by Gasteiger charge is 2.19. The van der Waals surface area contributed by atoms with Crippen molar-refractivity contribution in [2.45, 2.75) is 26.2 Å². The highest BCUT2D eigenvalue weighted by atomic mass is 35.5. The molecule has 0 fully saturated rings. The van der Waals surface area contributed by atoms with Gasteiger partial charge in [-0.1, -0.05) is 55.3 Å². The minimum atomic E-state index is -0.0244. The van der Waals surface area contributed by atoms with Crippen molar-refractivity contribution in [3.63, 3.8) is 0 Å². The summed E-state index contributed by atoms with van der Waals surface area (Å²) in [7, 11) is 0. The molecule has 0 radical (unpaired) electrons. The van der Waals surface area contributed by atoms with Gasteiger partial charge in [0.05, 0.1) is 5.56 Å². The summed E-state index contributed by atoms with van der Waals surface area (Å²) in [5, 5.41) is 0.620. The number of furan rings is 1. The molecule has 3 rings (SSSR count). The van der Waals surface area contributed by atoms with E-state index in [4.69, 9.17) is 16.0 Å². The Hall–Kier alpha value is -2.32. The fourth-order valence-electron chi connectivity index (χ4n) is 2.65. The highest BCUT2D eigenvalue weighted by Crippen LogP contribution is 2.28. The summed E-state index contributed by atoms with van der Waals surface area (Å²) in [6.45, 7) is 2.13. The predicted octanol–water partition coefficient (Wildman–Crippen LogP) is 6.17. The van der Waals surface area contributed by atoms with E-state index < -0.39 is 0 Å². The van der Waals surface area contributed by atoms with E-state index in [0.717, 1.165) is 36.3 Å². The van der Waals surface area contributed by atoms with Gasteiger partial charge in [0.2, 0.25) is 0 Å². The van der Waals surface area contributed by atoms with Crippen molar-refractivity contribution in [2.24, 2.45) is 0 Å². The van der Waals surface area contributed by atoms with Crippen LogP contribution in [0.4, 0.5) is 0 Å². The Labute approximate surface area is 147 Å². The average Bonchev–Trinajstić information content (AvgIpc) is 3.05. The molecule has 3 aromatic rings. The zero-order valence-electron chi connectivity index (χ0n) is 13.6. The van der Waals surface area contributed by atoms with Gasteiger partial charge in [0.25, 0.3) is 0 Å². The lowest BCUT2D eigenvalue weighted by Crippen LogP contribution is -2.03. The average molecular weight is 339 g/mol. The van der Waals surface area contributed by atoms with Crippen LogP contribution in [0.3, 0.4) is 0 Å². The van der Waals surface area contributed by atoms with Crippen molar-refractivity contribution >= 4 is 17.4 Å². The van der Waals surface area contributed by atoms with Crippen molar-refractivity contribution < 1.29 is 9.21 Å². The Morgan fingerprint density at radius 1 is 1.04 bits per heavy atom. The van der Waals surface area contributed by atoms with Crippen LogP contribution in [-0.4, -0.2) is 5.78 Å². The first-order valence-electron chi connectivity index (χ1n) is 8.17. The summed E-state index contributed by atoms with van der Waals surface area (Å²) >= 11 is 5.92. The van der Waals surface area contributed by atoms with Crippen LogP contribution in [0, 0.1) is 0 Å². The maximum Gasteiger partial charge on any atom is 0.196 e. The normalized spacial score (nSPS) is 10.8. The first-order chi connectivity index (χ1) is 11.7. The molecule has 2 nitrogen and oxygen atoms in total. The predicted molar refractivity (Wildman–Crippen MR) is 97.6 cm³/mol. The minimum Gasteiger partial charge on any atom is -0.460 e. The van der Waals surface area contributed by atoms with Gasteiger partial charge in [-0.3, -0.25) is 4.79 Å². The van der Waals surface area contributed by atoms with E-state index in [2.05, 4.69) is 6.92 Å². The second-order valence-electron chi connectivity index (χ2n) is 5.75. The Balaban J connectivity index is 1.99. The van der Waals surface area contributed by atoms with Crippen LogP contribution in [0.25, 0.3) is 11.3 Å². The SMILES string of the molecule is CCCCc1oc(-c2ccccc2)cc1C(=O)c1ccc(Cl)cc1. The number of carbonyl (C=O) groups excluding carboxylic acids is 1. The Morgan fingerprint density at radius 3 is 2.42 bits per heavy atom. The second-order valence-corrected chi connectivity index (χ2v) is 6.19. The van der Waals surface area contributed by atoms with E-state index in [1.54, 1.807) is 24.3 Å². The molecular weight excluding hydrogens is 320 g/mol. The quantitative estimate of drug-likeness (QED) is 0.503. The van der Waals surface area contributed by atoms with Gasteiger partial charge in [0.15, 0.2) is 5.78 Å². The van der Waals surface area contributed by atoms with Crippen molar-refractivity contribution in [3.05, 3.63) is 82.6 Å². The molecule has 0 aliphatic heterocycles. The molecular formula is C21H19ClO2. The number of halogens is 1. The van der Waals surface area contributed by atoms with E-state index in [0.29, 0.717) is 16.1 Å². The monoisotopic (exact) mass is 338 g/mol. The van der Waals surface area contributed by atoms with Gasteiger partial charge in [-0.05, 0) is 36.8 Å². The third-order valence-corrected chi connectivity index (χ3v) is 4.23. The summed E-state index contributed by atoms with van der Waals surface area (Å²) < 4.78 is 6.02. The topological polar surface area (TPSA) is 30.2 Å². The van der Waals surface area contributed by atoms with Crippen LogP contribution >= 0.6 is 11.6 Å². The summed E-state index contributed by atoms with van der Waals surface area (Å²) in [6.07, 6.45) is 2.80. The number of ketones is 1. The molecule has 3 heteroatoms. The Morgan fingerprint density at radius 2 is 1.75 bits per heavy atom. The standard InChI is InChI=1S/C21H19ClO2/c1-2-3-9-19-18(21(23)16-10-12-17(22)13-11-16)14-20(24-19)15-7-5-4-6-8-15/h4-8,10-14H,2-3,9H2,1H3. The summed E-state index contributed by atoms with van der Waals surface area (Å²) in [4.78, 5) is 12.9. The molecule has 0 aliphatic rings. The van der Waals surface area contributed by atoms with Crippen LogP contribution < -0.4 is 0 Å². The lowest BCUT2D eigenvalue weighted by Gasteiger charge is -2.02.